The summed E-state index contributed by atoms with van der Waals surface area (Å²) in [4.78, 5) is 11.8. The summed E-state index contributed by atoms with van der Waals surface area (Å²) in [6.07, 6.45) is 5.71. The second-order valence-electron chi connectivity index (χ2n) is 7.46. The van der Waals surface area contributed by atoms with Gasteiger partial charge in [0.05, 0.1) is 18.5 Å². The topological polar surface area (TPSA) is 47.5 Å². The number of hydrogen-bond acceptors (Lipinski definition) is 5. The number of halogens is 1. The molecule has 0 saturated carbocycles. The van der Waals surface area contributed by atoms with E-state index in [9.17, 15) is 4.39 Å². The average Bonchev–Trinajstić information content (AvgIpc) is 2.81. The Morgan fingerprint density at radius 2 is 1.90 bits per heavy atom. The standard InChI is InChI=1S/C24H26FN3O2/c1-29-22-6-2-4-18(16-22)23-24(27-12-11-26-23)19-5-3-13-28(17-19)14-15-30-21-9-7-20(25)8-10-21/h2,4,6-12,16,19H,3,5,13-15,17H2,1H3. The molecule has 0 radical (unpaired) electrons. The van der Waals surface area contributed by atoms with Gasteiger partial charge in [-0.3, -0.25) is 14.9 Å². The van der Waals surface area contributed by atoms with Crippen molar-refractivity contribution >= 4 is 0 Å². The summed E-state index contributed by atoms with van der Waals surface area (Å²) in [7, 11) is 1.67. The highest BCUT2D eigenvalue weighted by Crippen LogP contribution is 2.32. The molecule has 0 N–H and O–H groups in total. The van der Waals surface area contributed by atoms with Crippen molar-refractivity contribution in [3.05, 3.63) is 72.4 Å². The van der Waals surface area contributed by atoms with E-state index in [4.69, 9.17) is 14.5 Å². The molecule has 3 aromatic rings. The largest absolute Gasteiger partial charge is 0.497 e. The summed E-state index contributed by atoms with van der Waals surface area (Å²) in [5, 5.41) is 0. The van der Waals surface area contributed by atoms with Crippen molar-refractivity contribution in [2.24, 2.45) is 0 Å². The van der Waals surface area contributed by atoms with E-state index in [2.05, 4.69) is 9.88 Å². The van der Waals surface area contributed by atoms with Gasteiger partial charge in [-0.05, 0) is 55.8 Å². The zero-order valence-electron chi connectivity index (χ0n) is 17.1. The molecule has 30 heavy (non-hydrogen) atoms. The van der Waals surface area contributed by atoms with E-state index in [0.717, 1.165) is 55.2 Å². The lowest BCUT2D eigenvalue weighted by molar-refractivity contribution is 0.169. The van der Waals surface area contributed by atoms with Gasteiger partial charge in [0.2, 0.25) is 0 Å². The summed E-state index contributed by atoms with van der Waals surface area (Å²) in [5.74, 6) is 1.57. The highest BCUT2D eigenvalue weighted by Gasteiger charge is 2.25. The van der Waals surface area contributed by atoms with Crippen molar-refractivity contribution in [3.8, 4) is 22.8 Å². The van der Waals surface area contributed by atoms with E-state index in [1.54, 1.807) is 31.6 Å². The van der Waals surface area contributed by atoms with Crippen LogP contribution >= 0.6 is 0 Å². The first-order valence-corrected chi connectivity index (χ1v) is 10.3. The number of rotatable bonds is 7. The second kappa shape index (κ2) is 9.67. The highest BCUT2D eigenvalue weighted by atomic mass is 19.1. The molecule has 5 nitrogen and oxygen atoms in total. The van der Waals surface area contributed by atoms with Crippen molar-refractivity contribution < 1.29 is 13.9 Å². The lowest BCUT2D eigenvalue weighted by Gasteiger charge is -2.32. The first-order valence-electron chi connectivity index (χ1n) is 10.3. The quantitative estimate of drug-likeness (QED) is 0.575. The summed E-state index contributed by atoms with van der Waals surface area (Å²) in [6.45, 7) is 3.35. The molecule has 1 aliphatic heterocycles. The Morgan fingerprint density at radius 3 is 2.73 bits per heavy atom. The third-order valence-corrected chi connectivity index (χ3v) is 5.45. The molecule has 4 rings (SSSR count). The Morgan fingerprint density at radius 1 is 1.07 bits per heavy atom. The SMILES string of the molecule is COc1cccc(-c2nccnc2C2CCCN(CCOc3ccc(F)cc3)C2)c1. The van der Waals surface area contributed by atoms with E-state index in [-0.39, 0.29) is 5.82 Å². The van der Waals surface area contributed by atoms with Crippen LogP contribution in [-0.4, -0.2) is 48.2 Å². The van der Waals surface area contributed by atoms with Crippen molar-refractivity contribution in [2.75, 3.05) is 33.4 Å². The molecule has 1 aromatic heterocycles. The van der Waals surface area contributed by atoms with E-state index in [1.165, 1.54) is 12.1 Å². The number of ether oxygens (including phenoxy) is 2. The third kappa shape index (κ3) is 4.94. The Labute approximate surface area is 176 Å². The summed E-state index contributed by atoms with van der Waals surface area (Å²) < 4.78 is 24.2. The number of hydrogen-bond donors (Lipinski definition) is 0. The van der Waals surface area contributed by atoms with E-state index < -0.39 is 0 Å². The van der Waals surface area contributed by atoms with Gasteiger partial charge in [-0.1, -0.05) is 12.1 Å². The monoisotopic (exact) mass is 407 g/mol. The molecule has 1 aliphatic rings. The van der Waals surface area contributed by atoms with E-state index in [1.807, 2.05) is 24.3 Å². The Balaban J connectivity index is 1.42. The maximum atomic E-state index is 13.0. The minimum absolute atomic E-state index is 0.253. The fraction of sp³-hybridized carbons (Fsp3) is 0.333. The van der Waals surface area contributed by atoms with Gasteiger partial charge in [-0.15, -0.1) is 0 Å². The molecule has 2 heterocycles. The molecule has 1 atom stereocenters. The van der Waals surface area contributed by atoms with Gasteiger partial charge in [-0.25, -0.2) is 4.39 Å². The van der Waals surface area contributed by atoms with Gasteiger partial charge in [-0.2, -0.15) is 0 Å². The van der Waals surface area contributed by atoms with Gasteiger partial charge >= 0.3 is 0 Å². The van der Waals surface area contributed by atoms with E-state index in [0.29, 0.717) is 18.3 Å². The maximum Gasteiger partial charge on any atom is 0.123 e. The van der Waals surface area contributed by atoms with Crippen LogP contribution in [0.1, 0.15) is 24.5 Å². The van der Waals surface area contributed by atoms with Crippen LogP contribution in [0.15, 0.2) is 60.9 Å². The molecular weight excluding hydrogens is 381 g/mol. The molecule has 6 heteroatoms. The zero-order chi connectivity index (χ0) is 20.8. The van der Waals surface area contributed by atoms with Crippen molar-refractivity contribution in [1.29, 1.82) is 0 Å². The van der Waals surface area contributed by atoms with Crippen molar-refractivity contribution in [1.82, 2.24) is 14.9 Å². The van der Waals surface area contributed by atoms with Crippen LogP contribution in [0, 0.1) is 5.82 Å². The van der Waals surface area contributed by atoms with Crippen molar-refractivity contribution in [2.45, 2.75) is 18.8 Å². The van der Waals surface area contributed by atoms with Gasteiger partial charge in [0.15, 0.2) is 0 Å². The van der Waals surface area contributed by atoms with Crippen LogP contribution in [-0.2, 0) is 0 Å². The lowest BCUT2D eigenvalue weighted by atomic mass is 9.91. The summed E-state index contributed by atoms with van der Waals surface area (Å²) in [5.41, 5.74) is 2.98. The number of benzene rings is 2. The lowest BCUT2D eigenvalue weighted by Crippen LogP contribution is -2.37. The molecule has 156 valence electrons. The van der Waals surface area contributed by atoms with Crippen LogP contribution in [0.3, 0.4) is 0 Å². The number of likely N-dealkylation sites (tertiary alicyclic amines) is 1. The maximum absolute atomic E-state index is 13.0. The molecule has 1 unspecified atom stereocenters. The first-order chi connectivity index (χ1) is 14.7. The minimum atomic E-state index is -0.253. The van der Waals surface area contributed by atoms with Gasteiger partial charge < -0.3 is 9.47 Å². The van der Waals surface area contributed by atoms with Crippen LogP contribution in [0.25, 0.3) is 11.3 Å². The average molecular weight is 407 g/mol. The van der Waals surface area contributed by atoms with Crippen LogP contribution in [0.5, 0.6) is 11.5 Å². The third-order valence-electron chi connectivity index (χ3n) is 5.45. The Hall–Kier alpha value is -2.99. The predicted octanol–water partition coefficient (Wildman–Crippen LogP) is 4.55. The fourth-order valence-corrected chi connectivity index (χ4v) is 3.95. The molecule has 0 aliphatic carbocycles. The smallest absolute Gasteiger partial charge is 0.123 e. The number of methoxy groups -OCH3 is 1. The van der Waals surface area contributed by atoms with Gasteiger partial charge in [0, 0.05) is 37.0 Å². The molecular formula is C24H26FN3O2. The fourth-order valence-electron chi connectivity index (χ4n) is 3.95. The zero-order valence-corrected chi connectivity index (χ0v) is 17.1. The normalized spacial score (nSPS) is 16.9. The first kappa shape index (κ1) is 20.3. The predicted molar refractivity (Wildman–Crippen MR) is 114 cm³/mol. The number of piperidine rings is 1. The molecule has 0 amide bonds. The van der Waals surface area contributed by atoms with Crippen LogP contribution in [0.2, 0.25) is 0 Å². The molecule has 1 saturated heterocycles. The van der Waals surface area contributed by atoms with Gasteiger partial charge in [0.25, 0.3) is 0 Å². The second-order valence-corrected chi connectivity index (χ2v) is 7.46. The Bertz CT molecular complexity index is 965. The van der Waals surface area contributed by atoms with E-state index >= 15 is 0 Å². The molecule has 1 fully saturated rings. The number of nitrogens with zero attached hydrogens (tertiary/aromatic N) is 3. The summed E-state index contributed by atoms with van der Waals surface area (Å²) >= 11 is 0. The van der Waals surface area contributed by atoms with Crippen LogP contribution in [0.4, 0.5) is 4.39 Å². The summed E-state index contributed by atoms with van der Waals surface area (Å²) in [6, 6.07) is 14.1. The van der Waals surface area contributed by atoms with Gasteiger partial charge in [0.1, 0.15) is 23.9 Å². The molecule has 0 spiro atoms. The van der Waals surface area contributed by atoms with Crippen molar-refractivity contribution in [3.63, 3.8) is 0 Å². The Kier molecular flexibility index (Phi) is 6.54. The highest BCUT2D eigenvalue weighted by molar-refractivity contribution is 5.64. The molecule has 0 bridgehead atoms. The number of aromatic nitrogens is 2. The van der Waals surface area contributed by atoms with Crippen LogP contribution < -0.4 is 9.47 Å². The molecule has 2 aromatic carbocycles. The minimum Gasteiger partial charge on any atom is -0.497 e.